The van der Waals surface area contributed by atoms with Crippen LogP contribution in [0.3, 0.4) is 0 Å². The maximum absolute atomic E-state index is 13.7. The molecule has 110 valence electrons. The van der Waals surface area contributed by atoms with Crippen LogP contribution in [0.25, 0.3) is 0 Å². The smallest absolute Gasteiger partial charge is 0.328 e. The number of nitrogens with zero attached hydrogens (tertiary/aromatic N) is 2. The van der Waals surface area contributed by atoms with Gasteiger partial charge in [0.15, 0.2) is 0 Å². The van der Waals surface area contributed by atoms with Gasteiger partial charge in [-0.15, -0.1) is 0 Å². The molecule has 0 spiro atoms. The highest BCUT2D eigenvalue weighted by Crippen LogP contribution is 2.37. The predicted octanol–water partition coefficient (Wildman–Crippen LogP) is 2.44. The molecule has 2 rings (SSSR count). The third-order valence-electron chi connectivity index (χ3n) is 3.99. The largest absolute Gasteiger partial charge is 0.366 e. The first-order valence-corrected chi connectivity index (χ1v) is 6.52. The van der Waals surface area contributed by atoms with Crippen LogP contribution in [0.1, 0.15) is 19.3 Å². The second-order valence-corrected chi connectivity index (χ2v) is 5.12. The van der Waals surface area contributed by atoms with Crippen molar-refractivity contribution in [1.82, 2.24) is 0 Å². The van der Waals surface area contributed by atoms with E-state index in [4.69, 9.17) is 5.73 Å². The van der Waals surface area contributed by atoms with Crippen LogP contribution in [0.4, 0.5) is 20.2 Å². The SMILES string of the molecule is CN(c1cc(F)cc(F)c1[N+](=O)[O-])C1CCCC1CN. The Bertz CT molecular complexity index is 525. The zero-order chi connectivity index (χ0) is 14.9. The van der Waals surface area contributed by atoms with E-state index in [0.717, 1.165) is 25.3 Å². The average Bonchev–Trinajstić information content (AvgIpc) is 2.84. The molecule has 0 saturated heterocycles. The maximum Gasteiger partial charge on any atom is 0.328 e. The van der Waals surface area contributed by atoms with Crippen LogP contribution < -0.4 is 10.6 Å². The van der Waals surface area contributed by atoms with E-state index in [2.05, 4.69) is 0 Å². The molecule has 1 saturated carbocycles. The molecule has 1 aromatic carbocycles. The van der Waals surface area contributed by atoms with E-state index in [-0.39, 0.29) is 17.6 Å². The van der Waals surface area contributed by atoms with E-state index < -0.39 is 22.2 Å². The van der Waals surface area contributed by atoms with Crippen LogP contribution in [-0.2, 0) is 0 Å². The van der Waals surface area contributed by atoms with Gasteiger partial charge in [-0.3, -0.25) is 10.1 Å². The highest BCUT2D eigenvalue weighted by atomic mass is 19.1. The fraction of sp³-hybridized carbons (Fsp3) is 0.538. The Morgan fingerprint density at radius 2 is 2.15 bits per heavy atom. The topological polar surface area (TPSA) is 72.4 Å². The minimum Gasteiger partial charge on any atom is -0.366 e. The molecule has 0 bridgehead atoms. The summed E-state index contributed by atoms with van der Waals surface area (Å²) in [4.78, 5) is 11.8. The Labute approximate surface area is 115 Å². The molecular formula is C13H17F2N3O2. The maximum atomic E-state index is 13.7. The quantitative estimate of drug-likeness (QED) is 0.681. The van der Waals surface area contributed by atoms with Gasteiger partial charge in [0.05, 0.1) is 4.92 Å². The summed E-state index contributed by atoms with van der Waals surface area (Å²) in [5.41, 5.74) is 4.98. The van der Waals surface area contributed by atoms with Gasteiger partial charge in [-0.1, -0.05) is 6.42 Å². The Kier molecular flexibility index (Phi) is 4.17. The highest BCUT2D eigenvalue weighted by molar-refractivity contribution is 5.64. The van der Waals surface area contributed by atoms with Crippen molar-refractivity contribution in [2.24, 2.45) is 11.7 Å². The van der Waals surface area contributed by atoms with Crippen molar-refractivity contribution in [2.45, 2.75) is 25.3 Å². The van der Waals surface area contributed by atoms with Gasteiger partial charge in [0.1, 0.15) is 11.5 Å². The van der Waals surface area contributed by atoms with Crippen molar-refractivity contribution in [2.75, 3.05) is 18.5 Å². The summed E-state index contributed by atoms with van der Waals surface area (Å²) >= 11 is 0. The molecule has 0 aliphatic heterocycles. The molecule has 2 unspecified atom stereocenters. The van der Waals surface area contributed by atoms with Crippen LogP contribution in [0.5, 0.6) is 0 Å². The third kappa shape index (κ3) is 2.58. The van der Waals surface area contributed by atoms with Gasteiger partial charge in [-0.2, -0.15) is 4.39 Å². The molecule has 1 aliphatic rings. The molecule has 5 nitrogen and oxygen atoms in total. The van der Waals surface area contributed by atoms with Crippen molar-refractivity contribution in [3.63, 3.8) is 0 Å². The molecule has 2 atom stereocenters. The summed E-state index contributed by atoms with van der Waals surface area (Å²) in [6.45, 7) is 0.459. The third-order valence-corrected chi connectivity index (χ3v) is 3.99. The zero-order valence-electron chi connectivity index (χ0n) is 11.2. The predicted molar refractivity (Wildman–Crippen MR) is 71.6 cm³/mol. The first kappa shape index (κ1) is 14.6. The molecule has 0 radical (unpaired) electrons. The first-order chi connectivity index (χ1) is 9.45. The van der Waals surface area contributed by atoms with E-state index in [1.807, 2.05) is 0 Å². The first-order valence-electron chi connectivity index (χ1n) is 6.52. The summed E-state index contributed by atoms with van der Waals surface area (Å²) in [5, 5.41) is 11.0. The van der Waals surface area contributed by atoms with Gasteiger partial charge < -0.3 is 10.6 Å². The number of nitrogens with two attached hydrogens (primary N) is 1. The number of nitro groups is 1. The molecule has 2 N–H and O–H groups in total. The van der Waals surface area contributed by atoms with Crippen molar-refractivity contribution < 1.29 is 13.7 Å². The molecular weight excluding hydrogens is 268 g/mol. The fourth-order valence-corrected chi connectivity index (χ4v) is 2.98. The lowest BCUT2D eigenvalue weighted by Crippen LogP contribution is -2.38. The van der Waals surface area contributed by atoms with E-state index in [0.29, 0.717) is 12.6 Å². The summed E-state index contributed by atoms with van der Waals surface area (Å²) in [5.74, 6) is -1.79. The van der Waals surface area contributed by atoms with Gasteiger partial charge in [0, 0.05) is 25.2 Å². The Morgan fingerprint density at radius 1 is 1.45 bits per heavy atom. The molecule has 0 amide bonds. The van der Waals surface area contributed by atoms with Crippen LogP contribution in [-0.4, -0.2) is 24.6 Å². The lowest BCUT2D eigenvalue weighted by atomic mass is 10.0. The lowest BCUT2D eigenvalue weighted by molar-refractivity contribution is -0.386. The van der Waals surface area contributed by atoms with Gasteiger partial charge >= 0.3 is 5.69 Å². The molecule has 7 heteroatoms. The van der Waals surface area contributed by atoms with E-state index >= 15 is 0 Å². The van der Waals surface area contributed by atoms with Gasteiger partial charge in [-0.25, -0.2) is 4.39 Å². The number of anilines is 1. The molecule has 0 heterocycles. The van der Waals surface area contributed by atoms with Crippen LogP contribution >= 0.6 is 0 Å². The minimum atomic E-state index is -1.15. The fourth-order valence-electron chi connectivity index (χ4n) is 2.98. The monoisotopic (exact) mass is 285 g/mol. The Balaban J connectivity index is 2.43. The number of benzene rings is 1. The molecule has 0 aromatic heterocycles. The zero-order valence-corrected chi connectivity index (χ0v) is 11.2. The van der Waals surface area contributed by atoms with Crippen LogP contribution in [0.15, 0.2) is 12.1 Å². The number of hydrogen-bond donors (Lipinski definition) is 1. The average molecular weight is 285 g/mol. The van der Waals surface area contributed by atoms with E-state index in [1.54, 1.807) is 11.9 Å². The van der Waals surface area contributed by atoms with Gasteiger partial charge in [0.25, 0.3) is 0 Å². The van der Waals surface area contributed by atoms with E-state index in [9.17, 15) is 18.9 Å². The summed E-state index contributed by atoms with van der Waals surface area (Å²) in [6.07, 6.45) is 2.70. The lowest BCUT2D eigenvalue weighted by Gasteiger charge is -2.30. The van der Waals surface area contributed by atoms with Crippen LogP contribution in [0, 0.1) is 27.7 Å². The minimum absolute atomic E-state index is 0.0279. The number of nitro benzene ring substituents is 1. The molecule has 20 heavy (non-hydrogen) atoms. The van der Waals surface area contributed by atoms with Crippen molar-refractivity contribution in [3.8, 4) is 0 Å². The summed E-state index contributed by atoms with van der Waals surface area (Å²) in [7, 11) is 1.62. The standard InChI is InChI=1S/C13H17F2N3O2/c1-17(11-4-2-3-8(11)7-16)12-6-9(14)5-10(15)13(12)18(19)20/h5-6,8,11H,2-4,7,16H2,1H3. The molecule has 1 aliphatic carbocycles. The van der Waals surface area contributed by atoms with Gasteiger partial charge in [-0.05, 0) is 25.3 Å². The number of rotatable bonds is 4. The molecule has 1 aromatic rings. The number of hydrogen-bond acceptors (Lipinski definition) is 4. The summed E-state index contributed by atoms with van der Waals surface area (Å²) < 4.78 is 27.0. The Morgan fingerprint density at radius 3 is 2.75 bits per heavy atom. The van der Waals surface area contributed by atoms with Gasteiger partial charge in [0.2, 0.25) is 5.82 Å². The summed E-state index contributed by atoms with van der Waals surface area (Å²) in [6, 6.07) is 1.51. The van der Waals surface area contributed by atoms with E-state index in [1.165, 1.54) is 0 Å². The second kappa shape index (κ2) is 5.70. The number of halogens is 2. The Hall–Kier alpha value is -1.76. The van der Waals surface area contributed by atoms with Crippen molar-refractivity contribution in [1.29, 1.82) is 0 Å². The normalized spacial score (nSPS) is 22.0. The molecule has 1 fully saturated rings. The second-order valence-electron chi connectivity index (χ2n) is 5.12. The van der Waals surface area contributed by atoms with Crippen LogP contribution in [0.2, 0.25) is 0 Å². The highest BCUT2D eigenvalue weighted by Gasteiger charge is 2.34. The van der Waals surface area contributed by atoms with Crippen molar-refractivity contribution in [3.05, 3.63) is 33.9 Å². The van der Waals surface area contributed by atoms with Crippen molar-refractivity contribution >= 4 is 11.4 Å².